The Morgan fingerprint density at radius 2 is 1.91 bits per heavy atom. The number of pyridine rings is 1. The molecule has 2 N–H and O–H groups in total. The number of sulfone groups is 1. The molecule has 0 aliphatic carbocycles. The van der Waals surface area contributed by atoms with Crippen LogP contribution in [-0.4, -0.2) is 51.7 Å². The second kappa shape index (κ2) is 9.63. The lowest BCUT2D eigenvalue weighted by molar-refractivity contribution is 0.102. The van der Waals surface area contributed by atoms with Gasteiger partial charge < -0.3 is 15.5 Å². The van der Waals surface area contributed by atoms with E-state index in [1.165, 1.54) is 12.1 Å². The summed E-state index contributed by atoms with van der Waals surface area (Å²) in [5.74, 6) is 0.269. The fourth-order valence-corrected chi connectivity index (χ4v) is 4.56. The zero-order valence-electron chi connectivity index (χ0n) is 19.0. The summed E-state index contributed by atoms with van der Waals surface area (Å²) in [6, 6.07) is 15.5. The van der Waals surface area contributed by atoms with Crippen molar-refractivity contribution in [3.63, 3.8) is 0 Å². The van der Waals surface area contributed by atoms with Gasteiger partial charge in [0.25, 0.3) is 5.91 Å². The lowest BCUT2D eigenvalue weighted by Crippen LogP contribution is -2.44. The summed E-state index contributed by atoms with van der Waals surface area (Å²) in [6.45, 7) is 5.24. The van der Waals surface area contributed by atoms with E-state index in [1.807, 2.05) is 25.1 Å². The third-order valence-corrected chi connectivity index (χ3v) is 6.84. The van der Waals surface area contributed by atoms with Crippen LogP contribution in [0.4, 0.5) is 11.5 Å². The van der Waals surface area contributed by atoms with Crippen molar-refractivity contribution in [1.29, 1.82) is 5.26 Å². The maximum absolute atomic E-state index is 12.8. The van der Waals surface area contributed by atoms with Crippen molar-refractivity contribution in [1.82, 2.24) is 10.3 Å². The monoisotopic (exact) mass is 475 g/mol. The summed E-state index contributed by atoms with van der Waals surface area (Å²) >= 11 is 0. The maximum atomic E-state index is 12.8. The number of carbonyl (C=O) groups excluding carboxylic acids is 1. The van der Waals surface area contributed by atoms with Crippen molar-refractivity contribution < 1.29 is 13.2 Å². The van der Waals surface area contributed by atoms with E-state index in [9.17, 15) is 18.5 Å². The molecule has 1 saturated heterocycles. The summed E-state index contributed by atoms with van der Waals surface area (Å²) in [5, 5.41) is 15.9. The topological polar surface area (TPSA) is 115 Å². The summed E-state index contributed by atoms with van der Waals surface area (Å²) in [7, 11) is -3.42. The van der Waals surface area contributed by atoms with Gasteiger partial charge in [-0.15, -0.1) is 0 Å². The zero-order valence-corrected chi connectivity index (χ0v) is 19.8. The molecule has 1 fully saturated rings. The van der Waals surface area contributed by atoms with Crippen molar-refractivity contribution >= 4 is 27.2 Å². The SMILES string of the molecule is Cc1ccc(NC(=O)c2cccc(S(C)(=O)=O)c2)cc1-c1cnc(N2CCNCC2)c(C#N)c1. The van der Waals surface area contributed by atoms with Gasteiger partial charge in [-0.1, -0.05) is 12.1 Å². The van der Waals surface area contributed by atoms with Gasteiger partial charge in [0, 0.05) is 55.4 Å². The minimum Gasteiger partial charge on any atom is -0.353 e. The van der Waals surface area contributed by atoms with Gasteiger partial charge in [0.2, 0.25) is 0 Å². The summed E-state index contributed by atoms with van der Waals surface area (Å²) < 4.78 is 23.6. The molecule has 34 heavy (non-hydrogen) atoms. The quantitative estimate of drug-likeness (QED) is 0.583. The molecule has 0 unspecified atom stereocenters. The number of aryl methyl sites for hydroxylation is 1. The Balaban J connectivity index is 1.61. The summed E-state index contributed by atoms with van der Waals surface area (Å²) in [4.78, 5) is 19.6. The normalized spacial score (nSPS) is 13.9. The highest BCUT2D eigenvalue weighted by atomic mass is 32.2. The van der Waals surface area contributed by atoms with Crippen LogP contribution in [0.2, 0.25) is 0 Å². The first kappa shape index (κ1) is 23.4. The Morgan fingerprint density at radius 1 is 1.15 bits per heavy atom. The largest absolute Gasteiger partial charge is 0.353 e. The summed E-state index contributed by atoms with van der Waals surface area (Å²) in [5.41, 5.74) is 3.91. The van der Waals surface area contributed by atoms with E-state index in [4.69, 9.17) is 0 Å². The van der Waals surface area contributed by atoms with Gasteiger partial charge in [-0.25, -0.2) is 13.4 Å². The number of hydrogen-bond donors (Lipinski definition) is 2. The van der Waals surface area contributed by atoms with E-state index in [0.29, 0.717) is 17.1 Å². The second-order valence-corrected chi connectivity index (χ2v) is 10.2. The minimum atomic E-state index is -3.42. The molecule has 1 aliphatic rings. The highest BCUT2D eigenvalue weighted by Crippen LogP contribution is 2.30. The molecule has 9 heteroatoms. The van der Waals surface area contributed by atoms with Gasteiger partial charge in [0.1, 0.15) is 11.9 Å². The predicted molar refractivity (Wildman–Crippen MR) is 132 cm³/mol. The lowest BCUT2D eigenvalue weighted by atomic mass is 9.99. The van der Waals surface area contributed by atoms with E-state index in [0.717, 1.165) is 49.1 Å². The standard InChI is InChI=1S/C25H25N5O3S/c1-17-6-7-21(29-25(31)18-4-3-5-22(13-18)34(2,32)33)14-23(17)20-12-19(15-26)24(28-16-20)30-10-8-27-9-11-30/h3-7,12-14,16,27H,8-11H2,1-2H3,(H,29,31). The van der Waals surface area contributed by atoms with Crippen LogP contribution in [0.1, 0.15) is 21.5 Å². The van der Waals surface area contributed by atoms with Gasteiger partial charge in [0.05, 0.1) is 10.5 Å². The molecule has 0 bridgehead atoms. The number of hydrogen-bond acceptors (Lipinski definition) is 7. The van der Waals surface area contributed by atoms with Gasteiger partial charge in [-0.3, -0.25) is 4.79 Å². The fraction of sp³-hybridized carbons (Fsp3) is 0.240. The number of aromatic nitrogens is 1. The van der Waals surface area contributed by atoms with Crippen LogP contribution >= 0.6 is 0 Å². The van der Waals surface area contributed by atoms with Gasteiger partial charge >= 0.3 is 0 Å². The van der Waals surface area contributed by atoms with Crippen molar-refractivity contribution in [2.45, 2.75) is 11.8 Å². The molecule has 174 valence electrons. The first-order valence-corrected chi connectivity index (χ1v) is 12.7. The summed E-state index contributed by atoms with van der Waals surface area (Å²) in [6.07, 6.45) is 2.86. The number of nitrogens with one attached hydrogen (secondary N) is 2. The van der Waals surface area contributed by atoms with E-state index >= 15 is 0 Å². The Morgan fingerprint density at radius 3 is 2.62 bits per heavy atom. The average Bonchev–Trinajstić information content (AvgIpc) is 2.85. The van der Waals surface area contributed by atoms with Gasteiger partial charge in [0.15, 0.2) is 9.84 Å². The predicted octanol–water partition coefficient (Wildman–Crippen LogP) is 2.99. The van der Waals surface area contributed by atoms with E-state index < -0.39 is 15.7 Å². The Kier molecular flexibility index (Phi) is 6.63. The first-order valence-electron chi connectivity index (χ1n) is 10.8. The van der Waals surface area contributed by atoms with Crippen LogP contribution in [0, 0.1) is 18.3 Å². The molecule has 1 aliphatic heterocycles. The van der Waals surface area contributed by atoms with Crippen LogP contribution in [0.5, 0.6) is 0 Å². The molecular formula is C25H25N5O3S. The van der Waals surface area contributed by atoms with Crippen LogP contribution in [-0.2, 0) is 9.84 Å². The molecule has 1 amide bonds. The molecule has 3 aromatic rings. The molecule has 2 aromatic carbocycles. The number of amides is 1. The molecule has 1 aromatic heterocycles. The van der Waals surface area contributed by atoms with Gasteiger partial charge in [-0.2, -0.15) is 5.26 Å². The highest BCUT2D eigenvalue weighted by molar-refractivity contribution is 7.90. The molecule has 2 heterocycles. The molecule has 0 radical (unpaired) electrons. The van der Waals surface area contributed by atoms with Crippen molar-refractivity contribution in [3.8, 4) is 17.2 Å². The average molecular weight is 476 g/mol. The third kappa shape index (κ3) is 5.09. The van der Waals surface area contributed by atoms with E-state index in [1.54, 1.807) is 24.4 Å². The lowest BCUT2D eigenvalue weighted by Gasteiger charge is -2.29. The minimum absolute atomic E-state index is 0.0874. The molecule has 0 saturated carbocycles. The van der Waals surface area contributed by atoms with Crippen molar-refractivity contribution in [3.05, 3.63) is 71.4 Å². The Labute approximate surface area is 199 Å². The molecule has 0 atom stereocenters. The number of carbonyl (C=O) groups is 1. The molecule has 4 rings (SSSR count). The van der Waals surface area contributed by atoms with Crippen LogP contribution < -0.4 is 15.5 Å². The van der Waals surface area contributed by atoms with E-state index in [2.05, 4.69) is 26.6 Å². The van der Waals surface area contributed by atoms with Crippen molar-refractivity contribution in [2.24, 2.45) is 0 Å². The number of nitriles is 1. The smallest absolute Gasteiger partial charge is 0.255 e. The maximum Gasteiger partial charge on any atom is 0.255 e. The Bertz CT molecular complexity index is 1390. The van der Waals surface area contributed by atoms with Crippen molar-refractivity contribution in [2.75, 3.05) is 42.7 Å². The van der Waals surface area contributed by atoms with Crippen LogP contribution in [0.3, 0.4) is 0 Å². The number of anilines is 2. The van der Waals surface area contributed by atoms with E-state index in [-0.39, 0.29) is 10.5 Å². The number of benzene rings is 2. The Hall–Kier alpha value is -3.74. The molecule has 0 spiro atoms. The van der Waals surface area contributed by atoms with Crippen LogP contribution in [0.25, 0.3) is 11.1 Å². The number of rotatable bonds is 5. The first-order chi connectivity index (χ1) is 16.3. The fourth-order valence-electron chi connectivity index (χ4n) is 3.90. The van der Waals surface area contributed by atoms with Crippen LogP contribution in [0.15, 0.2) is 59.6 Å². The molecule has 8 nitrogen and oxygen atoms in total. The second-order valence-electron chi connectivity index (χ2n) is 8.23. The molecular weight excluding hydrogens is 450 g/mol. The number of piperazine rings is 1. The number of nitrogens with zero attached hydrogens (tertiary/aromatic N) is 3. The zero-order chi connectivity index (χ0) is 24.3. The third-order valence-electron chi connectivity index (χ3n) is 5.73. The van der Waals surface area contributed by atoms with Gasteiger partial charge in [-0.05, 0) is 54.4 Å². The highest BCUT2D eigenvalue weighted by Gasteiger charge is 2.18.